The summed E-state index contributed by atoms with van der Waals surface area (Å²) in [4.78, 5) is 0.335. The molecule has 0 aliphatic rings. The van der Waals surface area contributed by atoms with Crippen molar-refractivity contribution in [1.29, 1.82) is 0 Å². The topological polar surface area (TPSA) is 34.1 Å². The maximum absolute atomic E-state index is 11.8. The minimum Gasteiger partial charge on any atom is -0.223 e. The van der Waals surface area contributed by atoms with E-state index in [2.05, 4.69) is 6.58 Å². The van der Waals surface area contributed by atoms with Crippen LogP contribution in [0.15, 0.2) is 72.1 Å². The van der Waals surface area contributed by atoms with E-state index in [0.29, 0.717) is 4.90 Å². The maximum atomic E-state index is 11.8. The van der Waals surface area contributed by atoms with Crippen LogP contribution < -0.4 is 0 Å². The van der Waals surface area contributed by atoms with Crippen molar-refractivity contribution in [1.82, 2.24) is 0 Å². The largest absolute Gasteiger partial charge is 0.223 e. The summed E-state index contributed by atoms with van der Waals surface area (Å²) in [6.07, 6.45) is 1.40. The second kappa shape index (κ2) is 5.19. The third kappa shape index (κ3) is 2.68. The maximum Gasteiger partial charge on any atom is 0.181 e. The lowest BCUT2D eigenvalue weighted by Gasteiger charge is -2.04. The van der Waals surface area contributed by atoms with Gasteiger partial charge in [0.15, 0.2) is 9.84 Å². The smallest absolute Gasteiger partial charge is 0.181 e. The fourth-order valence-corrected chi connectivity index (χ4v) is 2.79. The molecule has 0 radical (unpaired) electrons. The van der Waals surface area contributed by atoms with E-state index in [9.17, 15) is 8.42 Å². The fraction of sp³-hybridized carbons (Fsp3) is 0.0667. The van der Waals surface area contributed by atoms with Crippen LogP contribution >= 0.6 is 0 Å². The highest BCUT2D eigenvalue weighted by molar-refractivity contribution is 7.91. The molecule has 0 atom stereocenters. The van der Waals surface area contributed by atoms with Crippen LogP contribution in [0.1, 0.15) is 0 Å². The van der Waals surface area contributed by atoms with Gasteiger partial charge in [-0.05, 0) is 23.3 Å². The fourth-order valence-electron chi connectivity index (χ4n) is 1.74. The Hall–Kier alpha value is -1.87. The van der Waals surface area contributed by atoms with E-state index < -0.39 is 9.84 Å². The van der Waals surface area contributed by atoms with Gasteiger partial charge in [-0.1, -0.05) is 48.5 Å². The van der Waals surface area contributed by atoms with Gasteiger partial charge in [-0.15, -0.1) is 6.58 Å². The molecular weight excluding hydrogens is 244 g/mol. The molecule has 2 nitrogen and oxygen atoms in total. The van der Waals surface area contributed by atoms with Gasteiger partial charge in [0, 0.05) is 0 Å². The summed E-state index contributed by atoms with van der Waals surface area (Å²) in [7, 11) is -3.23. The molecule has 0 spiro atoms. The Morgan fingerprint density at radius 3 is 2.00 bits per heavy atom. The first-order valence-electron chi connectivity index (χ1n) is 5.62. The molecule has 2 rings (SSSR count). The van der Waals surface area contributed by atoms with Crippen LogP contribution in [0.5, 0.6) is 0 Å². The number of rotatable bonds is 4. The van der Waals surface area contributed by atoms with Crippen LogP contribution in [-0.2, 0) is 9.84 Å². The second-order valence-corrected chi connectivity index (χ2v) is 5.99. The Kier molecular flexibility index (Phi) is 3.63. The molecule has 0 N–H and O–H groups in total. The first kappa shape index (κ1) is 12.6. The van der Waals surface area contributed by atoms with Gasteiger partial charge in [0.2, 0.25) is 0 Å². The van der Waals surface area contributed by atoms with Gasteiger partial charge < -0.3 is 0 Å². The Morgan fingerprint density at radius 2 is 1.44 bits per heavy atom. The number of sulfone groups is 1. The van der Waals surface area contributed by atoms with Crippen molar-refractivity contribution in [2.45, 2.75) is 4.90 Å². The van der Waals surface area contributed by atoms with Crippen molar-refractivity contribution >= 4 is 9.84 Å². The summed E-state index contributed by atoms with van der Waals surface area (Å²) in [5, 5.41) is 0. The molecule has 0 aliphatic heterocycles. The molecule has 0 saturated heterocycles. The molecule has 18 heavy (non-hydrogen) atoms. The summed E-state index contributed by atoms with van der Waals surface area (Å²) in [6, 6.07) is 16.8. The highest BCUT2D eigenvalue weighted by Crippen LogP contribution is 2.21. The second-order valence-electron chi connectivity index (χ2n) is 3.96. The van der Waals surface area contributed by atoms with Crippen molar-refractivity contribution < 1.29 is 8.42 Å². The third-order valence-electron chi connectivity index (χ3n) is 2.66. The lowest BCUT2D eigenvalue weighted by Crippen LogP contribution is -2.03. The molecule has 0 saturated carbocycles. The highest BCUT2D eigenvalue weighted by atomic mass is 32.2. The molecule has 0 aromatic heterocycles. The van der Waals surface area contributed by atoms with Crippen LogP contribution in [0.3, 0.4) is 0 Å². The van der Waals surface area contributed by atoms with E-state index in [-0.39, 0.29) is 5.75 Å². The number of hydrogen-bond acceptors (Lipinski definition) is 2. The van der Waals surface area contributed by atoms with Crippen molar-refractivity contribution in [2.75, 3.05) is 5.75 Å². The number of hydrogen-bond donors (Lipinski definition) is 0. The van der Waals surface area contributed by atoms with E-state index in [1.807, 2.05) is 42.5 Å². The molecule has 0 aliphatic carbocycles. The first-order chi connectivity index (χ1) is 8.63. The first-order valence-corrected chi connectivity index (χ1v) is 7.28. The van der Waals surface area contributed by atoms with Gasteiger partial charge in [-0.2, -0.15) is 0 Å². The Bertz CT molecular complexity index is 626. The van der Waals surface area contributed by atoms with Crippen LogP contribution in [0.4, 0.5) is 0 Å². The molecular formula is C15H14O2S. The molecule has 0 unspecified atom stereocenters. The van der Waals surface area contributed by atoms with Crippen molar-refractivity contribution in [3.8, 4) is 11.1 Å². The SMILES string of the molecule is C=CCS(=O)(=O)c1ccc(-c2ccccc2)cc1. The average molecular weight is 258 g/mol. The van der Waals surface area contributed by atoms with Gasteiger partial charge in [-0.25, -0.2) is 8.42 Å². The monoisotopic (exact) mass is 258 g/mol. The quantitative estimate of drug-likeness (QED) is 0.788. The summed E-state index contributed by atoms with van der Waals surface area (Å²) in [5.41, 5.74) is 2.08. The van der Waals surface area contributed by atoms with E-state index >= 15 is 0 Å². The molecule has 2 aromatic carbocycles. The molecule has 0 amide bonds. The average Bonchev–Trinajstić information content (AvgIpc) is 2.40. The highest BCUT2D eigenvalue weighted by Gasteiger charge is 2.11. The van der Waals surface area contributed by atoms with Crippen LogP contribution in [0.25, 0.3) is 11.1 Å². The van der Waals surface area contributed by atoms with Gasteiger partial charge >= 0.3 is 0 Å². The zero-order valence-electron chi connectivity index (χ0n) is 9.91. The van der Waals surface area contributed by atoms with Gasteiger partial charge in [-0.3, -0.25) is 0 Å². The Labute approximate surface area is 108 Å². The van der Waals surface area contributed by atoms with E-state index in [1.165, 1.54) is 6.08 Å². The van der Waals surface area contributed by atoms with Crippen molar-refractivity contribution in [3.05, 3.63) is 67.3 Å². The molecule has 3 heteroatoms. The minimum absolute atomic E-state index is 0.0301. The van der Waals surface area contributed by atoms with Crippen LogP contribution in [-0.4, -0.2) is 14.2 Å². The van der Waals surface area contributed by atoms with Crippen molar-refractivity contribution in [3.63, 3.8) is 0 Å². The summed E-state index contributed by atoms with van der Waals surface area (Å²) in [5.74, 6) is -0.0301. The van der Waals surface area contributed by atoms with Crippen LogP contribution in [0, 0.1) is 0 Å². The van der Waals surface area contributed by atoms with Crippen molar-refractivity contribution in [2.24, 2.45) is 0 Å². The zero-order valence-corrected chi connectivity index (χ0v) is 10.7. The standard InChI is InChI=1S/C15H14O2S/c1-2-12-18(16,17)15-10-8-14(9-11-15)13-6-4-3-5-7-13/h2-11H,1,12H2. The Balaban J connectivity index is 2.34. The van der Waals surface area contributed by atoms with E-state index in [1.54, 1.807) is 12.1 Å². The predicted octanol–water partition coefficient (Wildman–Crippen LogP) is 3.31. The Morgan fingerprint density at radius 1 is 0.889 bits per heavy atom. The number of benzene rings is 2. The van der Waals surface area contributed by atoms with E-state index in [4.69, 9.17) is 0 Å². The third-order valence-corrected chi connectivity index (χ3v) is 4.32. The molecule has 0 heterocycles. The predicted molar refractivity (Wildman–Crippen MR) is 74.1 cm³/mol. The normalized spacial score (nSPS) is 11.1. The zero-order chi connectivity index (χ0) is 13.0. The summed E-state index contributed by atoms with van der Waals surface area (Å²) in [6.45, 7) is 3.46. The van der Waals surface area contributed by atoms with Gasteiger partial charge in [0.1, 0.15) is 0 Å². The summed E-state index contributed by atoms with van der Waals surface area (Å²) < 4.78 is 23.6. The minimum atomic E-state index is -3.23. The lowest BCUT2D eigenvalue weighted by atomic mass is 10.1. The van der Waals surface area contributed by atoms with Crippen LogP contribution in [0.2, 0.25) is 0 Å². The molecule has 0 fully saturated rings. The molecule has 92 valence electrons. The van der Waals surface area contributed by atoms with E-state index in [0.717, 1.165) is 11.1 Å². The summed E-state index contributed by atoms with van der Waals surface area (Å²) >= 11 is 0. The molecule has 2 aromatic rings. The molecule has 0 bridgehead atoms. The lowest BCUT2D eigenvalue weighted by molar-refractivity contribution is 0.599. The van der Waals surface area contributed by atoms with Gasteiger partial charge in [0.05, 0.1) is 10.6 Å². The van der Waals surface area contributed by atoms with Gasteiger partial charge in [0.25, 0.3) is 0 Å².